The molecule has 0 fully saturated rings. The molecule has 4 N–H and O–H groups in total. The van der Waals surface area contributed by atoms with E-state index in [0.29, 0.717) is 29.4 Å². The number of amides is 1. The lowest BCUT2D eigenvalue weighted by Gasteiger charge is -2.08. The highest BCUT2D eigenvalue weighted by Crippen LogP contribution is 2.33. The number of nitrogens with two attached hydrogens (primary N) is 1. The zero-order valence-corrected chi connectivity index (χ0v) is 17.3. The fourth-order valence-electron chi connectivity index (χ4n) is 3.53. The van der Waals surface area contributed by atoms with Crippen LogP contribution in [-0.2, 0) is 6.54 Å². The Morgan fingerprint density at radius 2 is 2.13 bits per heavy atom. The van der Waals surface area contributed by atoms with Crippen molar-refractivity contribution < 1.29 is 9.53 Å². The second-order valence-corrected chi connectivity index (χ2v) is 7.13. The van der Waals surface area contributed by atoms with Crippen molar-refractivity contribution in [2.45, 2.75) is 26.8 Å². The summed E-state index contributed by atoms with van der Waals surface area (Å²) in [6.45, 7) is 6.05. The summed E-state index contributed by atoms with van der Waals surface area (Å²) in [4.78, 5) is 24.5. The first-order valence-electron chi connectivity index (χ1n) is 9.96. The standard InChI is InChI=1S/C21H25N7O2/c1-4-28-16(8-12(2)27-28)21-24-11-15-14-9-13(19(22)29)10-17(30-7-5-6-23-3)18(14)25-20(15)26-21/h8-11,23H,4-7H2,1-3H3,(H2,22,29)(H,24,25,26). The summed E-state index contributed by atoms with van der Waals surface area (Å²) in [5.74, 6) is 0.653. The van der Waals surface area contributed by atoms with Gasteiger partial charge in [-0.2, -0.15) is 5.10 Å². The zero-order valence-electron chi connectivity index (χ0n) is 17.3. The maximum atomic E-state index is 11.8. The highest BCUT2D eigenvalue weighted by atomic mass is 16.5. The molecule has 0 aliphatic carbocycles. The van der Waals surface area contributed by atoms with Gasteiger partial charge in [-0.3, -0.25) is 9.48 Å². The molecule has 3 heterocycles. The molecule has 0 unspecified atom stereocenters. The molecule has 1 amide bonds. The Kier molecular flexibility index (Phi) is 5.37. The number of nitrogens with zero attached hydrogens (tertiary/aromatic N) is 4. The molecule has 4 aromatic rings. The molecule has 9 heteroatoms. The maximum absolute atomic E-state index is 11.8. The minimum absolute atomic E-state index is 0.385. The summed E-state index contributed by atoms with van der Waals surface area (Å²) in [7, 11) is 1.89. The topological polar surface area (TPSA) is 124 Å². The van der Waals surface area contributed by atoms with E-state index in [1.54, 1.807) is 18.3 Å². The van der Waals surface area contributed by atoms with Gasteiger partial charge in [-0.05, 0) is 52.1 Å². The second kappa shape index (κ2) is 8.11. The molecule has 0 bridgehead atoms. The Balaban J connectivity index is 1.83. The first kappa shape index (κ1) is 19.8. The van der Waals surface area contributed by atoms with Crippen LogP contribution in [0.1, 0.15) is 29.4 Å². The first-order valence-corrected chi connectivity index (χ1v) is 9.96. The third-order valence-electron chi connectivity index (χ3n) is 4.97. The van der Waals surface area contributed by atoms with E-state index in [1.807, 2.05) is 31.6 Å². The third-order valence-corrected chi connectivity index (χ3v) is 4.97. The van der Waals surface area contributed by atoms with Crippen LogP contribution in [0, 0.1) is 6.92 Å². The van der Waals surface area contributed by atoms with Crippen molar-refractivity contribution in [1.29, 1.82) is 0 Å². The van der Waals surface area contributed by atoms with Crippen LogP contribution in [0.4, 0.5) is 0 Å². The number of ether oxygens (including phenoxy) is 1. The lowest BCUT2D eigenvalue weighted by atomic mass is 10.1. The Hall–Kier alpha value is -3.46. The number of carbonyl (C=O) groups excluding carboxylic acids is 1. The van der Waals surface area contributed by atoms with Gasteiger partial charge in [0.05, 0.1) is 17.8 Å². The zero-order chi connectivity index (χ0) is 21.3. The van der Waals surface area contributed by atoms with E-state index in [1.165, 1.54) is 0 Å². The van der Waals surface area contributed by atoms with Crippen LogP contribution in [0.2, 0.25) is 0 Å². The van der Waals surface area contributed by atoms with Gasteiger partial charge in [-0.15, -0.1) is 0 Å². The van der Waals surface area contributed by atoms with Crippen molar-refractivity contribution in [1.82, 2.24) is 30.0 Å². The van der Waals surface area contributed by atoms with Gasteiger partial charge in [-0.1, -0.05) is 0 Å². The van der Waals surface area contributed by atoms with E-state index >= 15 is 0 Å². The summed E-state index contributed by atoms with van der Waals surface area (Å²) in [6.07, 6.45) is 2.59. The van der Waals surface area contributed by atoms with Crippen molar-refractivity contribution in [3.63, 3.8) is 0 Å². The number of H-pyrrole nitrogens is 1. The normalized spacial score (nSPS) is 11.4. The second-order valence-electron chi connectivity index (χ2n) is 7.13. The average Bonchev–Trinajstić information content (AvgIpc) is 3.30. The van der Waals surface area contributed by atoms with E-state index in [9.17, 15) is 4.79 Å². The number of hydrogen-bond donors (Lipinski definition) is 3. The maximum Gasteiger partial charge on any atom is 0.248 e. The van der Waals surface area contributed by atoms with Crippen LogP contribution < -0.4 is 15.8 Å². The Labute approximate surface area is 173 Å². The van der Waals surface area contributed by atoms with Crippen molar-refractivity contribution in [3.8, 4) is 17.3 Å². The number of fused-ring (bicyclic) bond motifs is 3. The number of primary amides is 1. The Bertz CT molecular complexity index is 1230. The predicted octanol–water partition coefficient (Wildman–Crippen LogP) is 2.39. The largest absolute Gasteiger partial charge is 0.491 e. The fraction of sp³-hybridized carbons (Fsp3) is 0.333. The highest BCUT2D eigenvalue weighted by molar-refractivity contribution is 6.11. The SMILES string of the molecule is CCn1nc(C)cc1-c1ncc2c(n1)[nH]c1c(OCCCNC)cc(C(N)=O)cc12. The summed E-state index contributed by atoms with van der Waals surface area (Å²) < 4.78 is 7.83. The molecule has 9 nitrogen and oxygen atoms in total. The van der Waals surface area contributed by atoms with E-state index in [2.05, 4.69) is 20.4 Å². The minimum atomic E-state index is -0.508. The Morgan fingerprint density at radius 1 is 1.30 bits per heavy atom. The van der Waals surface area contributed by atoms with Gasteiger partial charge in [0, 0.05) is 29.1 Å². The van der Waals surface area contributed by atoms with Crippen LogP contribution in [0.25, 0.3) is 33.5 Å². The lowest BCUT2D eigenvalue weighted by molar-refractivity contribution is 0.1000. The smallest absolute Gasteiger partial charge is 0.248 e. The molecule has 0 saturated heterocycles. The average molecular weight is 407 g/mol. The van der Waals surface area contributed by atoms with Gasteiger partial charge in [0.15, 0.2) is 5.82 Å². The van der Waals surface area contributed by atoms with Crippen molar-refractivity contribution in [3.05, 3.63) is 35.7 Å². The van der Waals surface area contributed by atoms with E-state index in [0.717, 1.165) is 47.2 Å². The predicted molar refractivity (Wildman–Crippen MR) is 116 cm³/mol. The van der Waals surface area contributed by atoms with Crippen LogP contribution in [0.5, 0.6) is 5.75 Å². The molecule has 3 aromatic heterocycles. The quantitative estimate of drug-likeness (QED) is 0.385. The molecule has 0 atom stereocenters. The number of aryl methyl sites for hydroxylation is 2. The molecular formula is C21H25N7O2. The first-order chi connectivity index (χ1) is 14.5. The van der Waals surface area contributed by atoms with Crippen molar-refractivity contribution >= 4 is 27.8 Å². The summed E-state index contributed by atoms with van der Waals surface area (Å²) in [6, 6.07) is 5.39. The molecule has 0 spiro atoms. The van der Waals surface area contributed by atoms with E-state index in [-0.39, 0.29) is 0 Å². The molecule has 0 radical (unpaired) electrons. The van der Waals surface area contributed by atoms with Gasteiger partial charge in [0.2, 0.25) is 5.91 Å². The molecule has 30 heavy (non-hydrogen) atoms. The van der Waals surface area contributed by atoms with Crippen LogP contribution in [0.15, 0.2) is 24.4 Å². The monoisotopic (exact) mass is 407 g/mol. The number of benzene rings is 1. The summed E-state index contributed by atoms with van der Waals surface area (Å²) >= 11 is 0. The number of hydrogen-bond acceptors (Lipinski definition) is 6. The number of aromatic nitrogens is 5. The van der Waals surface area contributed by atoms with Gasteiger partial charge < -0.3 is 20.8 Å². The Morgan fingerprint density at radius 3 is 2.87 bits per heavy atom. The van der Waals surface area contributed by atoms with Gasteiger partial charge >= 0.3 is 0 Å². The number of rotatable bonds is 8. The van der Waals surface area contributed by atoms with Crippen LogP contribution in [0.3, 0.4) is 0 Å². The molecule has 4 rings (SSSR count). The van der Waals surface area contributed by atoms with Gasteiger partial charge in [0.25, 0.3) is 0 Å². The minimum Gasteiger partial charge on any atom is -0.491 e. The number of nitrogens with one attached hydrogen (secondary N) is 2. The summed E-state index contributed by atoms with van der Waals surface area (Å²) in [5, 5.41) is 9.16. The van der Waals surface area contributed by atoms with E-state index in [4.69, 9.17) is 15.5 Å². The number of aromatic amines is 1. The van der Waals surface area contributed by atoms with Crippen LogP contribution >= 0.6 is 0 Å². The van der Waals surface area contributed by atoms with E-state index < -0.39 is 5.91 Å². The molecule has 0 saturated carbocycles. The van der Waals surface area contributed by atoms with Crippen LogP contribution in [-0.4, -0.2) is 50.8 Å². The summed E-state index contributed by atoms with van der Waals surface area (Å²) in [5.41, 5.74) is 9.13. The molecule has 0 aliphatic heterocycles. The van der Waals surface area contributed by atoms with Crippen molar-refractivity contribution in [2.75, 3.05) is 20.2 Å². The fourth-order valence-corrected chi connectivity index (χ4v) is 3.53. The molecule has 1 aromatic carbocycles. The molecule has 156 valence electrons. The highest BCUT2D eigenvalue weighted by Gasteiger charge is 2.17. The van der Waals surface area contributed by atoms with Gasteiger partial charge in [-0.25, -0.2) is 9.97 Å². The third kappa shape index (κ3) is 3.59. The van der Waals surface area contributed by atoms with Crippen molar-refractivity contribution in [2.24, 2.45) is 5.73 Å². The molecule has 0 aliphatic rings. The lowest BCUT2D eigenvalue weighted by Crippen LogP contribution is -2.13. The number of carbonyl (C=O) groups is 1. The molecular weight excluding hydrogens is 382 g/mol. The van der Waals surface area contributed by atoms with Gasteiger partial charge in [0.1, 0.15) is 17.1 Å².